The maximum atomic E-state index is 13.7. The summed E-state index contributed by atoms with van der Waals surface area (Å²) in [6.45, 7) is 10.3. The third kappa shape index (κ3) is 8.80. The molecule has 0 radical (unpaired) electrons. The van der Waals surface area contributed by atoms with Gasteiger partial charge in [-0.2, -0.15) is 5.10 Å². The lowest BCUT2D eigenvalue weighted by molar-refractivity contribution is -0.138. The zero-order valence-electron chi connectivity index (χ0n) is 30.4. The summed E-state index contributed by atoms with van der Waals surface area (Å²) in [6.07, 6.45) is 6.47. The highest BCUT2D eigenvalue weighted by molar-refractivity contribution is 6.01. The van der Waals surface area contributed by atoms with Gasteiger partial charge in [0.15, 0.2) is 5.60 Å². The number of carbonyl (C=O) groups excluding carboxylic acids is 2. The number of aliphatic hydroxyl groups is 1. The van der Waals surface area contributed by atoms with E-state index in [-0.39, 0.29) is 37.6 Å². The molecule has 2 amide bonds. The molecule has 4 heterocycles. The van der Waals surface area contributed by atoms with E-state index in [0.29, 0.717) is 55.6 Å². The number of benzene rings is 2. The van der Waals surface area contributed by atoms with Gasteiger partial charge in [0.1, 0.15) is 12.0 Å². The second-order valence-corrected chi connectivity index (χ2v) is 13.5. The summed E-state index contributed by atoms with van der Waals surface area (Å²) in [5.74, 6) is 6.02. The molecule has 0 spiro atoms. The van der Waals surface area contributed by atoms with Crippen molar-refractivity contribution in [2.75, 3.05) is 58.3 Å². The number of nitrogens with one attached hydrogen (secondary N) is 2. The number of aliphatic imine (C=N–C) groups is 1. The van der Waals surface area contributed by atoms with E-state index in [4.69, 9.17) is 20.4 Å². The maximum absolute atomic E-state index is 13.7. The number of pyridine rings is 1. The van der Waals surface area contributed by atoms with E-state index < -0.39 is 5.60 Å². The van der Waals surface area contributed by atoms with Crippen LogP contribution in [0.2, 0.25) is 0 Å². The number of ether oxygens (including phenoxy) is 2. The van der Waals surface area contributed by atoms with Gasteiger partial charge in [0.05, 0.1) is 37.0 Å². The second-order valence-electron chi connectivity index (χ2n) is 13.5. The van der Waals surface area contributed by atoms with Crippen LogP contribution in [0.1, 0.15) is 37.8 Å². The van der Waals surface area contributed by atoms with E-state index in [2.05, 4.69) is 38.1 Å². The Morgan fingerprint density at radius 1 is 1.17 bits per heavy atom. The molecule has 0 saturated carbocycles. The number of hydrogen-bond donors (Lipinski definition) is 4. The lowest BCUT2D eigenvalue weighted by Crippen LogP contribution is -2.48. The molecule has 2 aliphatic heterocycles. The van der Waals surface area contributed by atoms with Crippen LogP contribution in [0.3, 0.4) is 0 Å². The van der Waals surface area contributed by atoms with Crippen molar-refractivity contribution < 1.29 is 24.2 Å². The zero-order chi connectivity index (χ0) is 37.5. The van der Waals surface area contributed by atoms with Crippen LogP contribution >= 0.6 is 0 Å². The van der Waals surface area contributed by atoms with Crippen LogP contribution in [-0.2, 0) is 14.3 Å². The summed E-state index contributed by atoms with van der Waals surface area (Å²) in [4.78, 5) is 39.6. The molecule has 278 valence electrons. The van der Waals surface area contributed by atoms with Crippen molar-refractivity contribution in [3.8, 4) is 17.1 Å². The quantitative estimate of drug-likeness (QED) is 0.0647. The van der Waals surface area contributed by atoms with Crippen molar-refractivity contribution in [1.82, 2.24) is 30.0 Å². The van der Waals surface area contributed by atoms with E-state index in [9.17, 15) is 9.59 Å². The summed E-state index contributed by atoms with van der Waals surface area (Å²) in [5.41, 5.74) is 5.57. The van der Waals surface area contributed by atoms with Gasteiger partial charge in [-0.15, -0.1) is 0 Å². The Kier molecular flexibility index (Phi) is 11.6. The molecule has 1 saturated heterocycles. The second kappa shape index (κ2) is 16.5. The Bertz CT molecular complexity index is 1990. The number of amides is 2. The van der Waals surface area contributed by atoms with Gasteiger partial charge in [0.25, 0.3) is 5.91 Å². The van der Waals surface area contributed by atoms with Crippen molar-refractivity contribution >= 4 is 46.0 Å². The molecular weight excluding hydrogens is 674 g/mol. The fraction of sp³-hybridized carbons (Fsp3) is 0.359. The van der Waals surface area contributed by atoms with Crippen LogP contribution < -0.4 is 15.9 Å². The summed E-state index contributed by atoms with van der Waals surface area (Å²) in [6, 6.07) is 17.3. The molecule has 53 heavy (non-hydrogen) atoms. The van der Waals surface area contributed by atoms with E-state index in [1.807, 2.05) is 78.2 Å². The SMILES string of the molecule is C=C(N=CN(N)CCO)c1ccc(C2=CCN(C(=O)CN3CC[C@@](OC)(C(=O)Nc4ccc5[nH]nc(-c6ccc(OC(C)C)nc6)c5c4)C3)CC2)cc1. The highest BCUT2D eigenvalue weighted by atomic mass is 16.5. The van der Waals surface area contributed by atoms with Crippen molar-refractivity contribution in [3.05, 3.63) is 84.6 Å². The first-order chi connectivity index (χ1) is 25.6. The van der Waals surface area contributed by atoms with Gasteiger partial charge >= 0.3 is 0 Å². The van der Waals surface area contributed by atoms with Gasteiger partial charge in [-0.3, -0.25) is 24.6 Å². The van der Waals surface area contributed by atoms with Crippen LogP contribution in [0.25, 0.3) is 33.4 Å². The number of likely N-dealkylation sites (tertiary alicyclic amines) is 1. The Morgan fingerprint density at radius 2 is 1.96 bits per heavy atom. The first-order valence-corrected chi connectivity index (χ1v) is 17.7. The van der Waals surface area contributed by atoms with Crippen LogP contribution in [-0.4, -0.2) is 118 Å². The molecule has 2 aromatic heterocycles. The Morgan fingerprint density at radius 3 is 2.64 bits per heavy atom. The molecular formula is C39H47N9O5. The standard InChI is InChI=1S/C39H47N9O5/c1-26(2)53-35-12-9-31(22-41-35)37-33-21-32(10-11-34(33)44-45-37)43-38(51)39(52-4)15-18-46(24-39)23-36(50)47-16-13-30(14-17-47)29-7-5-28(6-8-29)27(3)42-25-48(40)19-20-49/h5-13,21-22,25-26,49H,3,14-20,23-24,40H2,1-2,4H3,(H,43,51)(H,44,45)/t39-/m0/s1. The lowest BCUT2D eigenvalue weighted by Gasteiger charge is -2.30. The summed E-state index contributed by atoms with van der Waals surface area (Å²) in [7, 11) is 1.54. The number of aromatic nitrogens is 3. The van der Waals surface area contributed by atoms with Crippen LogP contribution in [0.15, 0.2) is 78.4 Å². The third-order valence-corrected chi connectivity index (χ3v) is 9.53. The summed E-state index contributed by atoms with van der Waals surface area (Å²) in [5, 5.41) is 21.7. The monoisotopic (exact) mass is 721 g/mol. The minimum atomic E-state index is -1.09. The first-order valence-electron chi connectivity index (χ1n) is 17.7. The minimum absolute atomic E-state index is 0.0171. The van der Waals surface area contributed by atoms with Gasteiger partial charge in [0, 0.05) is 62.2 Å². The van der Waals surface area contributed by atoms with E-state index >= 15 is 0 Å². The van der Waals surface area contributed by atoms with Crippen LogP contribution in [0.5, 0.6) is 5.88 Å². The molecule has 1 fully saturated rings. The zero-order valence-corrected chi connectivity index (χ0v) is 30.4. The van der Waals surface area contributed by atoms with Gasteiger partial charge in [-0.05, 0) is 67.7 Å². The van der Waals surface area contributed by atoms with Gasteiger partial charge in [-0.1, -0.05) is 36.9 Å². The number of rotatable bonds is 14. The molecule has 0 unspecified atom stereocenters. The number of carbonyl (C=O) groups is 2. The van der Waals surface area contributed by atoms with Gasteiger partial charge in [-0.25, -0.2) is 15.8 Å². The van der Waals surface area contributed by atoms with Crippen LogP contribution in [0.4, 0.5) is 5.69 Å². The predicted molar refractivity (Wildman–Crippen MR) is 206 cm³/mol. The maximum Gasteiger partial charge on any atom is 0.258 e. The Hall–Kier alpha value is -5.41. The van der Waals surface area contributed by atoms with Crippen molar-refractivity contribution in [1.29, 1.82) is 0 Å². The number of methoxy groups -OCH3 is 1. The number of fused-ring (bicyclic) bond motifs is 1. The summed E-state index contributed by atoms with van der Waals surface area (Å²) >= 11 is 0. The normalized spacial score (nSPS) is 17.8. The molecule has 2 aromatic carbocycles. The fourth-order valence-corrected chi connectivity index (χ4v) is 6.54. The first kappa shape index (κ1) is 37.4. The summed E-state index contributed by atoms with van der Waals surface area (Å²) < 4.78 is 11.5. The molecule has 14 nitrogen and oxygen atoms in total. The molecule has 14 heteroatoms. The minimum Gasteiger partial charge on any atom is -0.475 e. The topological polar surface area (TPSA) is 175 Å². The largest absolute Gasteiger partial charge is 0.475 e. The molecule has 4 aromatic rings. The predicted octanol–water partition coefficient (Wildman–Crippen LogP) is 3.92. The third-order valence-electron chi connectivity index (χ3n) is 9.53. The molecule has 2 aliphatic rings. The highest BCUT2D eigenvalue weighted by Crippen LogP contribution is 2.32. The number of anilines is 1. The van der Waals surface area contributed by atoms with E-state index in [1.165, 1.54) is 16.9 Å². The molecule has 6 rings (SSSR count). The Labute approximate surface area is 308 Å². The lowest BCUT2D eigenvalue weighted by atomic mass is 9.98. The number of hydrazine groups is 1. The molecule has 0 bridgehead atoms. The van der Waals surface area contributed by atoms with Gasteiger partial charge < -0.3 is 24.8 Å². The van der Waals surface area contributed by atoms with E-state index in [1.54, 1.807) is 13.3 Å². The number of aromatic amines is 1. The average molecular weight is 722 g/mol. The molecule has 1 atom stereocenters. The molecule has 0 aliphatic carbocycles. The fourth-order valence-electron chi connectivity index (χ4n) is 6.54. The number of nitrogens with zero attached hydrogens (tertiary/aromatic N) is 6. The highest BCUT2D eigenvalue weighted by Gasteiger charge is 2.45. The van der Waals surface area contributed by atoms with E-state index in [0.717, 1.165) is 34.0 Å². The number of nitrogens with two attached hydrogens (primary N) is 1. The van der Waals surface area contributed by atoms with Crippen molar-refractivity contribution in [3.63, 3.8) is 0 Å². The number of aliphatic hydroxyl groups excluding tert-OH is 1. The number of H-pyrrole nitrogens is 1. The molecule has 5 N–H and O–H groups in total. The van der Waals surface area contributed by atoms with Crippen molar-refractivity contribution in [2.45, 2.75) is 38.4 Å². The smallest absolute Gasteiger partial charge is 0.258 e. The average Bonchev–Trinajstić information content (AvgIpc) is 3.79. The van der Waals surface area contributed by atoms with Crippen molar-refractivity contribution in [2.24, 2.45) is 10.8 Å². The van der Waals surface area contributed by atoms with Gasteiger partial charge in [0.2, 0.25) is 11.8 Å². The Balaban J connectivity index is 1.03. The van der Waals surface area contributed by atoms with Crippen LogP contribution in [0, 0.1) is 0 Å². The number of hydrogen-bond acceptors (Lipinski definition) is 10.